The van der Waals surface area contributed by atoms with Crippen molar-refractivity contribution >= 4 is 23.4 Å². The molecule has 0 saturated heterocycles. The summed E-state index contributed by atoms with van der Waals surface area (Å²) in [6.45, 7) is 3.51. The van der Waals surface area contributed by atoms with E-state index in [0.29, 0.717) is 16.8 Å². The molecule has 0 saturated carbocycles. The van der Waals surface area contributed by atoms with Gasteiger partial charge < -0.3 is 30.7 Å². The van der Waals surface area contributed by atoms with Gasteiger partial charge in [0, 0.05) is 28.4 Å². The molecule has 1 amide bonds. The van der Waals surface area contributed by atoms with Crippen molar-refractivity contribution in [2.45, 2.75) is 19.9 Å². The summed E-state index contributed by atoms with van der Waals surface area (Å²) in [6.07, 6.45) is 0. The van der Waals surface area contributed by atoms with Crippen molar-refractivity contribution in [2.24, 2.45) is 10.7 Å². The maximum Gasteiger partial charge on any atom is 0.330 e. The number of nitrogens with two attached hydrogens (primary N) is 1. The molecule has 5 N–H and O–H groups in total. The molecule has 0 bridgehead atoms. The molecular formula is C27H28FN3O6. The first-order chi connectivity index (χ1) is 17.7. The van der Waals surface area contributed by atoms with Crippen LogP contribution in [0.25, 0.3) is 0 Å². The molecule has 194 valence electrons. The molecule has 0 fully saturated rings. The van der Waals surface area contributed by atoms with Gasteiger partial charge in [0.1, 0.15) is 18.3 Å². The second kappa shape index (κ2) is 12.5. The number of hydrogen-bond acceptors (Lipinski definition) is 6. The Kier molecular flexibility index (Phi) is 9.17. The number of benzene rings is 3. The summed E-state index contributed by atoms with van der Waals surface area (Å²) in [7, 11) is 0. The average molecular weight is 510 g/mol. The number of amidine groups is 1. The fourth-order valence-corrected chi connectivity index (χ4v) is 3.42. The third-order valence-corrected chi connectivity index (χ3v) is 5.28. The number of hydrogen-bond donors (Lipinski definition) is 4. The number of aryl methyl sites for hydroxylation is 1. The van der Waals surface area contributed by atoms with E-state index in [9.17, 15) is 19.1 Å². The number of aliphatic hydroxyl groups is 1. The van der Waals surface area contributed by atoms with E-state index in [4.69, 9.17) is 20.3 Å². The van der Waals surface area contributed by atoms with E-state index in [0.717, 1.165) is 11.6 Å². The van der Waals surface area contributed by atoms with Crippen LogP contribution in [0.4, 0.5) is 10.1 Å². The SMILES string of the molecule is CCOc1cc(C(Nc2ccc(C(N)=NC(=O)c3ccc(C)cc3)cc2)C(=O)O)c(F)cc1OCCO. The fourth-order valence-electron chi connectivity index (χ4n) is 3.42. The molecule has 37 heavy (non-hydrogen) atoms. The van der Waals surface area contributed by atoms with Crippen LogP contribution in [0.15, 0.2) is 65.7 Å². The van der Waals surface area contributed by atoms with Gasteiger partial charge in [-0.1, -0.05) is 17.7 Å². The highest BCUT2D eigenvalue weighted by molar-refractivity contribution is 6.08. The van der Waals surface area contributed by atoms with Gasteiger partial charge in [0.25, 0.3) is 5.91 Å². The Hall–Kier alpha value is -4.44. The van der Waals surface area contributed by atoms with Crippen molar-refractivity contribution in [3.05, 3.63) is 88.7 Å². The number of carbonyl (C=O) groups is 2. The molecule has 1 unspecified atom stereocenters. The Morgan fingerprint density at radius 3 is 2.24 bits per heavy atom. The number of nitrogens with zero attached hydrogens (tertiary/aromatic N) is 1. The van der Waals surface area contributed by atoms with Crippen LogP contribution in [0.1, 0.15) is 40.0 Å². The molecule has 0 aromatic heterocycles. The summed E-state index contributed by atoms with van der Waals surface area (Å²) in [5.41, 5.74) is 8.06. The maximum atomic E-state index is 14.9. The van der Waals surface area contributed by atoms with E-state index in [1.807, 2.05) is 6.92 Å². The minimum absolute atomic E-state index is 0.00206. The van der Waals surface area contributed by atoms with Crippen molar-refractivity contribution in [1.29, 1.82) is 0 Å². The molecule has 3 aromatic carbocycles. The van der Waals surface area contributed by atoms with Crippen molar-refractivity contribution in [1.82, 2.24) is 0 Å². The number of aliphatic carboxylic acids is 1. The predicted molar refractivity (Wildman–Crippen MR) is 137 cm³/mol. The molecule has 1 atom stereocenters. The summed E-state index contributed by atoms with van der Waals surface area (Å²) in [4.78, 5) is 28.3. The second-order valence-corrected chi connectivity index (χ2v) is 7.99. The Morgan fingerprint density at radius 1 is 1.03 bits per heavy atom. The van der Waals surface area contributed by atoms with Crippen molar-refractivity contribution in [3.63, 3.8) is 0 Å². The van der Waals surface area contributed by atoms with Gasteiger partial charge >= 0.3 is 5.97 Å². The third kappa shape index (κ3) is 7.05. The van der Waals surface area contributed by atoms with Gasteiger partial charge in [0.2, 0.25) is 0 Å². The summed E-state index contributed by atoms with van der Waals surface area (Å²) >= 11 is 0. The van der Waals surface area contributed by atoms with Crippen LogP contribution in [0.5, 0.6) is 11.5 Å². The Morgan fingerprint density at radius 2 is 1.65 bits per heavy atom. The summed E-state index contributed by atoms with van der Waals surface area (Å²) in [6, 6.07) is 14.0. The van der Waals surface area contributed by atoms with Crippen LogP contribution in [0.2, 0.25) is 0 Å². The number of rotatable bonds is 11. The lowest BCUT2D eigenvalue weighted by Crippen LogP contribution is -2.22. The molecule has 0 aliphatic rings. The first-order valence-corrected chi connectivity index (χ1v) is 11.5. The summed E-state index contributed by atoms with van der Waals surface area (Å²) in [5, 5.41) is 21.6. The Labute approximate surface area is 213 Å². The molecule has 9 nitrogen and oxygen atoms in total. The number of nitrogens with one attached hydrogen (secondary N) is 1. The number of aliphatic hydroxyl groups excluding tert-OH is 1. The molecule has 3 aromatic rings. The normalized spacial score (nSPS) is 12.1. The van der Waals surface area contributed by atoms with Crippen molar-refractivity contribution in [2.75, 3.05) is 25.1 Å². The van der Waals surface area contributed by atoms with E-state index in [2.05, 4.69) is 10.3 Å². The lowest BCUT2D eigenvalue weighted by atomic mass is 10.0. The van der Waals surface area contributed by atoms with E-state index in [-0.39, 0.29) is 42.7 Å². The van der Waals surface area contributed by atoms with Crippen LogP contribution in [-0.4, -0.2) is 47.7 Å². The highest BCUT2D eigenvalue weighted by Crippen LogP contribution is 2.34. The molecule has 0 spiro atoms. The smallest absolute Gasteiger partial charge is 0.330 e. The van der Waals surface area contributed by atoms with Crippen LogP contribution >= 0.6 is 0 Å². The van der Waals surface area contributed by atoms with Gasteiger partial charge in [-0.05, 0) is 56.3 Å². The number of carbonyl (C=O) groups excluding carboxylic acids is 1. The number of carboxylic acid groups (broad SMARTS) is 1. The summed E-state index contributed by atoms with van der Waals surface area (Å²) < 4.78 is 25.7. The second-order valence-electron chi connectivity index (χ2n) is 7.99. The van der Waals surface area contributed by atoms with Crippen LogP contribution in [0.3, 0.4) is 0 Å². The molecular weight excluding hydrogens is 481 g/mol. The number of halogens is 1. The molecule has 0 aliphatic heterocycles. The molecule has 10 heteroatoms. The van der Waals surface area contributed by atoms with Gasteiger partial charge in [0.15, 0.2) is 17.5 Å². The predicted octanol–water partition coefficient (Wildman–Crippen LogP) is 3.69. The standard InChI is InChI=1S/C27H28FN3O6/c1-3-36-22-14-20(21(28)15-23(22)37-13-12-32)24(27(34)35)30-19-10-8-17(9-11-19)25(29)31-26(33)18-6-4-16(2)5-7-18/h4-11,14-15,24,30,32H,3,12-13H2,1-2H3,(H,34,35)(H2,29,31,33). The van der Waals surface area contributed by atoms with E-state index < -0.39 is 23.7 Å². The lowest BCUT2D eigenvalue weighted by molar-refractivity contribution is -0.138. The number of ether oxygens (including phenoxy) is 2. The van der Waals surface area contributed by atoms with Gasteiger partial charge in [0.05, 0.1) is 13.2 Å². The zero-order valence-corrected chi connectivity index (χ0v) is 20.4. The van der Waals surface area contributed by atoms with Crippen LogP contribution in [0, 0.1) is 12.7 Å². The number of aliphatic imine (C=N–C) groups is 1. The van der Waals surface area contributed by atoms with Gasteiger partial charge in [-0.15, -0.1) is 0 Å². The first-order valence-electron chi connectivity index (χ1n) is 11.5. The van der Waals surface area contributed by atoms with Gasteiger partial charge in [-0.3, -0.25) is 4.79 Å². The lowest BCUT2D eigenvalue weighted by Gasteiger charge is -2.20. The average Bonchev–Trinajstić information content (AvgIpc) is 2.88. The number of carboxylic acids is 1. The molecule has 0 radical (unpaired) electrons. The Bertz CT molecular complexity index is 1280. The summed E-state index contributed by atoms with van der Waals surface area (Å²) in [5.74, 6) is -2.42. The highest BCUT2D eigenvalue weighted by atomic mass is 19.1. The Balaban J connectivity index is 1.81. The topological polar surface area (TPSA) is 143 Å². The van der Waals surface area contributed by atoms with E-state index in [1.54, 1.807) is 55.5 Å². The number of anilines is 1. The van der Waals surface area contributed by atoms with Crippen LogP contribution in [-0.2, 0) is 4.79 Å². The zero-order chi connectivity index (χ0) is 26.9. The minimum Gasteiger partial charge on any atom is -0.490 e. The molecule has 0 aliphatic carbocycles. The van der Waals surface area contributed by atoms with Crippen LogP contribution < -0.4 is 20.5 Å². The monoisotopic (exact) mass is 509 g/mol. The zero-order valence-electron chi connectivity index (χ0n) is 20.4. The van der Waals surface area contributed by atoms with Crippen molar-refractivity contribution < 1.29 is 33.7 Å². The van der Waals surface area contributed by atoms with E-state index >= 15 is 0 Å². The molecule has 0 heterocycles. The third-order valence-electron chi connectivity index (χ3n) is 5.28. The van der Waals surface area contributed by atoms with Crippen molar-refractivity contribution in [3.8, 4) is 11.5 Å². The molecule has 3 rings (SSSR count). The van der Waals surface area contributed by atoms with Gasteiger partial charge in [-0.25, -0.2) is 9.18 Å². The number of amides is 1. The highest BCUT2D eigenvalue weighted by Gasteiger charge is 2.26. The van der Waals surface area contributed by atoms with E-state index in [1.165, 1.54) is 6.07 Å². The minimum atomic E-state index is -1.45. The maximum absolute atomic E-state index is 14.9. The largest absolute Gasteiger partial charge is 0.490 e. The fraction of sp³-hybridized carbons (Fsp3) is 0.222. The van der Waals surface area contributed by atoms with Gasteiger partial charge in [-0.2, -0.15) is 4.99 Å². The quantitative estimate of drug-likeness (QED) is 0.226. The first kappa shape index (κ1) is 27.2.